The van der Waals surface area contributed by atoms with E-state index in [-0.39, 0.29) is 23.8 Å². The molecule has 0 saturated carbocycles. The Balaban J connectivity index is 1.35. The van der Waals surface area contributed by atoms with E-state index in [9.17, 15) is 14.7 Å². The van der Waals surface area contributed by atoms with Crippen molar-refractivity contribution < 1.29 is 14.7 Å². The van der Waals surface area contributed by atoms with Crippen molar-refractivity contribution in [2.45, 2.75) is 25.5 Å². The number of aliphatic hydroxyl groups is 1. The Morgan fingerprint density at radius 2 is 2.07 bits per heavy atom. The van der Waals surface area contributed by atoms with Crippen LogP contribution in [0.3, 0.4) is 0 Å². The van der Waals surface area contributed by atoms with Gasteiger partial charge < -0.3 is 15.3 Å². The van der Waals surface area contributed by atoms with Crippen molar-refractivity contribution in [1.82, 2.24) is 20.0 Å². The fourth-order valence-corrected chi connectivity index (χ4v) is 4.14. The molecule has 8 heteroatoms. The molecule has 2 saturated heterocycles. The summed E-state index contributed by atoms with van der Waals surface area (Å²) in [5, 5.41) is 17.0. The predicted octanol–water partition coefficient (Wildman–Crippen LogP) is 0.770. The molecule has 3 heterocycles. The highest BCUT2D eigenvalue weighted by atomic mass is 16.3. The SMILES string of the molecule is Cn1cc(CN2CCC(O)C2)c(C(=O)NCC2CC(=O)N(c3ccccc3)C2)n1. The Morgan fingerprint density at radius 3 is 2.79 bits per heavy atom. The quantitative estimate of drug-likeness (QED) is 0.751. The molecule has 2 aliphatic rings. The van der Waals surface area contributed by atoms with Crippen LogP contribution in [-0.4, -0.2) is 63.9 Å². The molecule has 0 bridgehead atoms. The molecule has 8 nitrogen and oxygen atoms in total. The Bertz CT molecular complexity index is 882. The number of amides is 2. The average Bonchev–Trinajstić information content (AvgIpc) is 3.39. The molecular weight excluding hydrogens is 370 g/mol. The highest BCUT2D eigenvalue weighted by Gasteiger charge is 2.31. The van der Waals surface area contributed by atoms with Crippen LogP contribution in [0.1, 0.15) is 28.9 Å². The normalized spacial score (nSPS) is 22.4. The van der Waals surface area contributed by atoms with Crippen molar-refractivity contribution in [3.05, 3.63) is 47.8 Å². The van der Waals surface area contributed by atoms with E-state index in [0.717, 1.165) is 24.2 Å². The zero-order valence-electron chi connectivity index (χ0n) is 16.6. The molecule has 29 heavy (non-hydrogen) atoms. The van der Waals surface area contributed by atoms with Crippen molar-refractivity contribution in [3.63, 3.8) is 0 Å². The minimum absolute atomic E-state index is 0.0764. The van der Waals surface area contributed by atoms with Gasteiger partial charge in [-0.1, -0.05) is 18.2 Å². The molecule has 2 unspecified atom stereocenters. The van der Waals surface area contributed by atoms with Crippen molar-refractivity contribution in [2.24, 2.45) is 13.0 Å². The molecule has 2 atom stereocenters. The van der Waals surface area contributed by atoms with E-state index in [1.54, 1.807) is 16.6 Å². The summed E-state index contributed by atoms with van der Waals surface area (Å²) in [5.74, 6) is -0.0555. The fourth-order valence-electron chi connectivity index (χ4n) is 4.14. The average molecular weight is 397 g/mol. The van der Waals surface area contributed by atoms with Crippen LogP contribution in [0.15, 0.2) is 36.5 Å². The van der Waals surface area contributed by atoms with Gasteiger partial charge in [-0.15, -0.1) is 0 Å². The van der Waals surface area contributed by atoms with Gasteiger partial charge in [0, 0.05) is 69.6 Å². The Labute approximate surface area is 170 Å². The van der Waals surface area contributed by atoms with Crippen LogP contribution in [-0.2, 0) is 18.4 Å². The number of benzene rings is 1. The molecule has 2 aliphatic heterocycles. The standard InChI is InChI=1S/C21H27N5O3/c1-24-12-16(13-25-8-7-18(27)14-25)20(23-24)21(29)22-10-15-9-19(28)26(11-15)17-5-3-2-4-6-17/h2-6,12,15,18,27H,7-11,13-14H2,1H3,(H,22,29). The lowest BCUT2D eigenvalue weighted by Crippen LogP contribution is -2.32. The smallest absolute Gasteiger partial charge is 0.272 e. The van der Waals surface area contributed by atoms with Crippen LogP contribution >= 0.6 is 0 Å². The van der Waals surface area contributed by atoms with Crippen LogP contribution in [0.2, 0.25) is 0 Å². The van der Waals surface area contributed by atoms with Crippen LogP contribution in [0.5, 0.6) is 0 Å². The zero-order valence-corrected chi connectivity index (χ0v) is 16.6. The van der Waals surface area contributed by atoms with E-state index in [1.165, 1.54) is 0 Å². The second-order valence-corrected chi connectivity index (χ2v) is 7.97. The first-order chi connectivity index (χ1) is 14.0. The number of nitrogens with zero attached hydrogens (tertiary/aromatic N) is 4. The third kappa shape index (κ3) is 4.49. The number of aromatic nitrogens is 2. The number of hydrogen-bond acceptors (Lipinski definition) is 5. The molecule has 2 fully saturated rings. The summed E-state index contributed by atoms with van der Waals surface area (Å²) >= 11 is 0. The van der Waals surface area contributed by atoms with E-state index in [2.05, 4.69) is 15.3 Å². The fraction of sp³-hybridized carbons (Fsp3) is 0.476. The molecule has 1 aromatic carbocycles. The summed E-state index contributed by atoms with van der Waals surface area (Å²) in [6, 6.07) is 9.61. The Hall–Kier alpha value is -2.71. The summed E-state index contributed by atoms with van der Waals surface area (Å²) in [4.78, 5) is 29.0. The largest absolute Gasteiger partial charge is 0.392 e. The summed E-state index contributed by atoms with van der Waals surface area (Å²) in [5.41, 5.74) is 2.16. The van der Waals surface area contributed by atoms with Gasteiger partial charge in [0.05, 0.1) is 6.10 Å². The maximum absolute atomic E-state index is 12.8. The molecule has 0 radical (unpaired) electrons. The topological polar surface area (TPSA) is 90.7 Å². The van der Waals surface area contributed by atoms with Crippen molar-refractivity contribution in [1.29, 1.82) is 0 Å². The summed E-state index contributed by atoms with van der Waals surface area (Å²) in [7, 11) is 1.80. The van der Waals surface area contributed by atoms with Crippen molar-refractivity contribution >= 4 is 17.5 Å². The number of likely N-dealkylation sites (tertiary alicyclic amines) is 1. The second kappa shape index (κ2) is 8.34. The second-order valence-electron chi connectivity index (χ2n) is 7.97. The Morgan fingerprint density at radius 1 is 1.28 bits per heavy atom. The molecule has 0 aliphatic carbocycles. The van der Waals surface area contributed by atoms with Crippen molar-refractivity contribution in [3.8, 4) is 0 Å². The maximum Gasteiger partial charge on any atom is 0.272 e. The highest BCUT2D eigenvalue weighted by Crippen LogP contribution is 2.24. The van der Waals surface area contributed by atoms with E-state index >= 15 is 0 Å². The van der Waals surface area contributed by atoms with Crippen LogP contribution < -0.4 is 10.2 Å². The number of aliphatic hydroxyl groups excluding tert-OH is 1. The van der Waals surface area contributed by atoms with Gasteiger partial charge in [0.25, 0.3) is 5.91 Å². The molecule has 154 valence electrons. The minimum atomic E-state index is -0.295. The first kappa shape index (κ1) is 19.6. The molecule has 0 spiro atoms. The summed E-state index contributed by atoms with van der Waals surface area (Å²) < 4.78 is 1.65. The first-order valence-electron chi connectivity index (χ1n) is 10.1. The summed E-state index contributed by atoms with van der Waals surface area (Å²) in [6.07, 6.45) is 2.75. The van der Waals surface area contributed by atoms with Gasteiger partial charge in [0.2, 0.25) is 5.91 Å². The van der Waals surface area contributed by atoms with Crippen LogP contribution in [0, 0.1) is 5.92 Å². The lowest BCUT2D eigenvalue weighted by Gasteiger charge is -2.17. The maximum atomic E-state index is 12.8. The number of nitrogens with one attached hydrogen (secondary N) is 1. The van der Waals surface area contributed by atoms with E-state index in [1.807, 2.05) is 36.5 Å². The Kier molecular flexibility index (Phi) is 5.64. The van der Waals surface area contributed by atoms with Crippen molar-refractivity contribution in [2.75, 3.05) is 31.1 Å². The molecule has 4 rings (SSSR count). The molecule has 2 N–H and O–H groups in total. The van der Waals surface area contributed by atoms with Gasteiger partial charge in [-0.05, 0) is 18.6 Å². The lowest BCUT2D eigenvalue weighted by molar-refractivity contribution is -0.117. The molecular formula is C21H27N5O3. The van der Waals surface area contributed by atoms with Gasteiger partial charge in [0.15, 0.2) is 5.69 Å². The van der Waals surface area contributed by atoms with E-state index in [4.69, 9.17) is 0 Å². The molecule has 1 aromatic heterocycles. The van der Waals surface area contributed by atoms with Crippen LogP contribution in [0.25, 0.3) is 0 Å². The number of carbonyl (C=O) groups excluding carboxylic acids is 2. The monoisotopic (exact) mass is 397 g/mol. The van der Waals surface area contributed by atoms with Crippen LogP contribution in [0.4, 0.5) is 5.69 Å². The zero-order chi connectivity index (χ0) is 20.4. The van der Waals surface area contributed by atoms with Gasteiger partial charge in [0.1, 0.15) is 0 Å². The molecule has 2 amide bonds. The third-order valence-electron chi connectivity index (χ3n) is 5.59. The number of aryl methyl sites for hydroxylation is 1. The third-order valence-corrected chi connectivity index (χ3v) is 5.59. The first-order valence-corrected chi connectivity index (χ1v) is 10.1. The number of para-hydroxylation sites is 1. The number of anilines is 1. The van der Waals surface area contributed by atoms with Gasteiger partial charge in [-0.25, -0.2) is 0 Å². The number of rotatable bonds is 6. The lowest BCUT2D eigenvalue weighted by atomic mass is 10.1. The van der Waals surface area contributed by atoms with E-state index in [0.29, 0.717) is 38.3 Å². The van der Waals surface area contributed by atoms with Gasteiger partial charge in [-0.3, -0.25) is 19.2 Å². The number of hydrogen-bond donors (Lipinski definition) is 2. The number of carbonyl (C=O) groups is 2. The molecule has 2 aromatic rings. The summed E-state index contributed by atoms with van der Waals surface area (Å²) in [6.45, 7) is 3.07. The highest BCUT2D eigenvalue weighted by molar-refractivity contribution is 5.96. The van der Waals surface area contributed by atoms with Gasteiger partial charge >= 0.3 is 0 Å². The van der Waals surface area contributed by atoms with E-state index < -0.39 is 0 Å². The van der Waals surface area contributed by atoms with Gasteiger partial charge in [-0.2, -0.15) is 5.10 Å². The predicted molar refractivity (Wildman–Crippen MR) is 108 cm³/mol. The number of β-amino-alcohol motifs (C(OH)–C–C–N with tert-alkyl or cyclic N) is 1. The minimum Gasteiger partial charge on any atom is -0.392 e.